The number of carbonyl (C=O) groups is 2. The summed E-state index contributed by atoms with van der Waals surface area (Å²) in [7, 11) is -0.146. The summed E-state index contributed by atoms with van der Waals surface area (Å²) in [6, 6.07) is 12.0. The second kappa shape index (κ2) is 12.4. The molecule has 1 heterocycles. The first-order chi connectivity index (χ1) is 17.3. The molecule has 3 rings (SSSR count). The van der Waals surface area contributed by atoms with Crippen molar-refractivity contribution in [1.29, 1.82) is 0 Å². The largest absolute Gasteiger partial charge is 0.492 e. The number of sulfonamides is 1. The molecule has 2 N–H and O–H groups in total. The van der Waals surface area contributed by atoms with Crippen molar-refractivity contribution in [3.05, 3.63) is 59.7 Å². The van der Waals surface area contributed by atoms with Crippen LogP contribution in [0.1, 0.15) is 25.0 Å². The van der Waals surface area contributed by atoms with Crippen LogP contribution < -0.4 is 14.8 Å². The van der Waals surface area contributed by atoms with Gasteiger partial charge in [-0.05, 0) is 71.1 Å². The lowest BCUT2D eigenvalue weighted by Gasteiger charge is -2.20. The highest BCUT2D eigenvalue weighted by Gasteiger charge is 2.38. The molecule has 2 atom stereocenters. The number of esters is 2. The van der Waals surface area contributed by atoms with Crippen molar-refractivity contribution in [1.82, 2.24) is 14.9 Å². The molecule has 1 aliphatic heterocycles. The highest BCUT2D eigenvalue weighted by Crippen LogP contribution is 2.27. The maximum Gasteiger partial charge on any atom is 0.341 e. The number of aryl methyl sites for hydroxylation is 1. The van der Waals surface area contributed by atoms with Gasteiger partial charge in [-0.1, -0.05) is 29.8 Å². The van der Waals surface area contributed by atoms with Gasteiger partial charge in [0.25, 0.3) is 0 Å². The fourth-order valence-corrected chi connectivity index (χ4v) is 5.97. The van der Waals surface area contributed by atoms with Crippen molar-refractivity contribution >= 4 is 33.7 Å². The van der Waals surface area contributed by atoms with E-state index in [2.05, 4.69) is 10.0 Å². The molecule has 2 aromatic carbocycles. The van der Waals surface area contributed by atoms with Gasteiger partial charge in [0, 0.05) is 17.8 Å². The SMILES string of the molecule is Cc1ccc(S(=O)(=O)N[C@@H](Cc2ccc(OCCN(C)C)cc2)C(=O)OC(=O)[C@H]2NC(C)(C)CS2)cc1. The predicted octanol–water partition coefficient (Wildman–Crippen LogP) is 2.34. The Morgan fingerprint density at radius 1 is 1.14 bits per heavy atom. The quantitative estimate of drug-likeness (QED) is 0.322. The van der Waals surface area contributed by atoms with E-state index in [-0.39, 0.29) is 16.9 Å². The van der Waals surface area contributed by atoms with E-state index in [0.29, 0.717) is 23.7 Å². The van der Waals surface area contributed by atoms with Crippen molar-refractivity contribution in [3.63, 3.8) is 0 Å². The molecule has 1 fully saturated rings. The first-order valence-electron chi connectivity index (χ1n) is 11.9. The van der Waals surface area contributed by atoms with Crippen LogP contribution in [0.2, 0.25) is 0 Å². The second-order valence-corrected chi connectivity index (χ2v) is 12.8. The summed E-state index contributed by atoms with van der Waals surface area (Å²) in [4.78, 5) is 27.7. The van der Waals surface area contributed by atoms with Crippen molar-refractivity contribution in [2.24, 2.45) is 0 Å². The van der Waals surface area contributed by atoms with Gasteiger partial charge in [0.2, 0.25) is 10.0 Å². The topological polar surface area (TPSA) is 114 Å². The minimum atomic E-state index is -4.06. The molecule has 1 aliphatic rings. The Labute approximate surface area is 223 Å². The summed E-state index contributed by atoms with van der Waals surface area (Å²) in [5, 5.41) is 2.41. The third-order valence-corrected chi connectivity index (χ3v) is 8.65. The van der Waals surface area contributed by atoms with Crippen LogP contribution in [0.5, 0.6) is 5.75 Å². The molecule has 1 saturated heterocycles. The predicted molar refractivity (Wildman–Crippen MR) is 144 cm³/mol. The van der Waals surface area contributed by atoms with Crippen LogP contribution >= 0.6 is 11.8 Å². The van der Waals surface area contributed by atoms with E-state index in [0.717, 1.165) is 12.1 Å². The Bertz CT molecular complexity index is 1180. The molecular weight excluding hydrogens is 514 g/mol. The number of benzene rings is 2. The number of thioether (sulfide) groups is 1. The first-order valence-corrected chi connectivity index (χ1v) is 14.5. The van der Waals surface area contributed by atoms with Crippen LogP contribution in [0.25, 0.3) is 0 Å². The number of hydrogen-bond acceptors (Lipinski definition) is 9. The van der Waals surface area contributed by atoms with Gasteiger partial charge in [0.1, 0.15) is 18.4 Å². The van der Waals surface area contributed by atoms with E-state index in [1.54, 1.807) is 36.4 Å². The summed E-state index contributed by atoms with van der Waals surface area (Å²) >= 11 is 1.34. The van der Waals surface area contributed by atoms with E-state index >= 15 is 0 Å². The molecular formula is C26H35N3O6S2. The van der Waals surface area contributed by atoms with Crippen molar-refractivity contribution in [2.45, 2.75) is 49.0 Å². The Kier molecular flexibility index (Phi) is 9.76. The minimum absolute atomic E-state index is 0.00802. The van der Waals surface area contributed by atoms with E-state index < -0.39 is 33.4 Å². The van der Waals surface area contributed by atoms with Gasteiger partial charge in [-0.15, -0.1) is 11.8 Å². The lowest BCUT2D eigenvalue weighted by molar-refractivity contribution is -0.161. The zero-order valence-electron chi connectivity index (χ0n) is 21.8. The third kappa shape index (κ3) is 8.82. The summed E-state index contributed by atoms with van der Waals surface area (Å²) in [6.07, 6.45) is -0.00802. The van der Waals surface area contributed by atoms with Crippen molar-refractivity contribution in [2.75, 3.05) is 33.0 Å². The Balaban J connectivity index is 1.75. The van der Waals surface area contributed by atoms with Crippen LogP contribution in [0.3, 0.4) is 0 Å². The van der Waals surface area contributed by atoms with Gasteiger partial charge in [-0.3, -0.25) is 5.32 Å². The molecule has 0 aromatic heterocycles. The zero-order chi connectivity index (χ0) is 27.2. The highest BCUT2D eigenvalue weighted by atomic mass is 32.2. The maximum atomic E-state index is 13.1. The number of hydrogen-bond donors (Lipinski definition) is 2. The maximum absolute atomic E-state index is 13.1. The van der Waals surface area contributed by atoms with Gasteiger partial charge in [-0.2, -0.15) is 4.72 Å². The van der Waals surface area contributed by atoms with Crippen LogP contribution in [0, 0.1) is 6.92 Å². The molecule has 0 bridgehead atoms. The average Bonchev–Trinajstić information content (AvgIpc) is 3.19. The van der Waals surface area contributed by atoms with Crippen LogP contribution in [0.4, 0.5) is 0 Å². The van der Waals surface area contributed by atoms with E-state index in [9.17, 15) is 18.0 Å². The molecule has 9 nitrogen and oxygen atoms in total. The van der Waals surface area contributed by atoms with Crippen molar-refractivity contribution in [3.8, 4) is 5.75 Å². The van der Waals surface area contributed by atoms with E-state index in [1.807, 2.05) is 39.8 Å². The van der Waals surface area contributed by atoms with Crippen LogP contribution in [0.15, 0.2) is 53.4 Å². The van der Waals surface area contributed by atoms with Gasteiger partial charge in [-0.25, -0.2) is 18.0 Å². The molecule has 11 heteroatoms. The number of likely N-dealkylation sites (N-methyl/N-ethyl adjacent to an activating group) is 1. The molecule has 202 valence electrons. The van der Waals surface area contributed by atoms with Gasteiger partial charge < -0.3 is 14.4 Å². The molecule has 0 amide bonds. The first kappa shape index (κ1) is 29.1. The summed E-state index contributed by atoms with van der Waals surface area (Å²) in [5.41, 5.74) is 1.30. The standard InChI is InChI=1S/C26H35N3O6S2/c1-18-6-12-21(13-7-18)37(32,33)28-22(24(30)35-25(31)23-27-26(2,3)17-36-23)16-19-8-10-20(11-9-19)34-15-14-29(4)5/h6-13,22-23,27-28H,14-17H2,1-5H3/t22-,23-/m0/s1. The highest BCUT2D eigenvalue weighted by molar-refractivity contribution is 8.00. The van der Waals surface area contributed by atoms with Crippen molar-refractivity contribution < 1.29 is 27.5 Å². The number of ether oxygens (including phenoxy) is 2. The molecule has 0 radical (unpaired) electrons. The Morgan fingerprint density at radius 2 is 1.78 bits per heavy atom. The third-order valence-electron chi connectivity index (χ3n) is 5.63. The number of carbonyl (C=O) groups excluding carboxylic acids is 2. The second-order valence-electron chi connectivity index (χ2n) is 9.95. The molecule has 0 aliphatic carbocycles. The molecule has 2 aromatic rings. The normalized spacial score (nSPS) is 17.9. The fourth-order valence-electron chi connectivity index (χ4n) is 3.53. The fraction of sp³-hybridized carbons (Fsp3) is 0.462. The van der Waals surface area contributed by atoms with Gasteiger partial charge in [0.05, 0.1) is 4.90 Å². The lowest BCUT2D eigenvalue weighted by atomic mass is 10.1. The lowest BCUT2D eigenvalue weighted by Crippen LogP contribution is -2.47. The Morgan fingerprint density at radius 3 is 2.35 bits per heavy atom. The minimum Gasteiger partial charge on any atom is -0.492 e. The summed E-state index contributed by atoms with van der Waals surface area (Å²) in [5.74, 6) is -0.371. The van der Waals surface area contributed by atoms with Crippen LogP contribution in [-0.4, -0.2) is 75.2 Å². The molecule has 0 spiro atoms. The average molecular weight is 550 g/mol. The zero-order valence-corrected chi connectivity index (χ0v) is 23.4. The number of nitrogens with one attached hydrogen (secondary N) is 2. The summed E-state index contributed by atoms with van der Waals surface area (Å²) < 4.78 is 39.4. The van der Waals surface area contributed by atoms with E-state index in [1.165, 1.54) is 23.9 Å². The number of nitrogens with zero attached hydrogens (tertiary/aromatic N) is 1. The monoisotopic (exact) mass is 549 g/mol. The van der Waals surface area contributed by atoms with Gasteiger partial charge in [0.15, 0.2) is 5.37 Å². The van der Waals surface area contributed by atoms with E-state index in [4.69, 9.17) is 9.47 Å². The smallest absolute Gasteiger partial charge is 0.341 e. The van der Waals surface area contributed by atoms with Crippen LogP contribution in [-0.2, 0) is 30.8 Å². The Hall–Kier alpha value is -2.44. The summed E-state index contributed by atoms with van der Waals surface area (Å²) in [6.45, 7) is 7.02. The molecule has 0 saturated carbocycles. The molecule has 37 heavy (non-hydrogen) atoms. The van der Waals surface area contributed by atoms with Gasteiger partial charge >= 0.3 is 11.9 Å². The molecule has 0 unspecified atom stereocenters. The number of rotatable bonds is 11.